The molecule has 1 saturated heterocycles. The predicted octanol–water partition coefficient (Wildman–Crippen LogP) is 2.35. The van der Waals surface area contributed by atoms with Crippen molar-refractivity contribution >= 4 is 18.3 Å². The number of halogens is 1. The molecule has 0 aliphatic carbocycles. The van der Waals surface area contributed by atoms with Crippen LogP contribution in [0.4, 0.5) is 0 Å². The quantitative estimate of drug-likeness (QED) is 0.799. The Kier molecular flexibility index (Phi) is 8.61. The van der Waals surface area contributed by atoms with Crippen LogP contribution in [-0.4, -0.2) is 25.0 Å². The molecule has 1 unspecified atom stereocenters. The number of amides is 1. The van der Waals surface area contributed by atoms with Crippen LogP contribution in [-0.2, 0) is 4.79 Å². The van der Waals surface area contributed by atoms with E-state index in [0.29, 0.717) is 6.04 Å². The fourth-order valence-corrected chi connectivity index (χ4v) is 2.10. The average molecular weight is 263 g/mol. The van der Waals surface area contributed by atoms with Gasteiger partial charge in [0.05, 0.1) is 0 Å². The molecule has 2 N–H and O–H groups in total. The average Bonchev–Trinajstić information content (AvgIpc) is 2.27. The number of hydrogen-bond donors (Lipinski definition) is 2. The van der Waals surface area contributed by atoms with Crippen molar-refractivity contribution in [3.8, 4) is 0 Å². The molecule has 0 aromatic rings. The summed E-state index contributed by atoms with van der Waals surface area (Å²) in [5, 5.41) is 6.42. The minimum Gasteiger partial charge on any atom is -0.353 e. The second-order valence-corrected chi connectivity index (χ2v) is 5.41. The number of carbonyl (C=O) groups excluding carboxylic acids is 1. The van der Waals surface area contributed by atoms with E-state index in [9.17, 15) is 4.79 Å². The molecule has 1 rings (SSSR count). The number of hydrogen-bond acceptors (Lipinski definition) is 2. The Hall–Kier alpha value is -0.280. The Morgan fingerprint density at radius 2 is 1.82 bits per heavy atom. The highest BCUT2D eigenvalue weighted by molar-refractivity contribution is 5.85. The second-order valence-electron chi connectivity index (χ2n) is 5.41. The number of piperidine rings is 1. The Bertz CT molecular complexity index is 215. The number of carbonyl (C=O) groups is 1. The maximum Gasteiger partial charge on any atom is 0.223 e. The summed E-state index contributed by atoms with van der Waals surface area (Å²) < 4.78 is 0. The first kappa shape index (κ1) is 16.7. The first-order valence-electron chi connectivity index (χ1n) is 6.60. The van der Waals surface area contributed by atoms with Gasteiger partial charge in [-0.3, -0.25) is 4.79 Å². The monoisotopic (exact) mass is 262 g/mol. The molecule has 4 heteroatoms. The molecule has 17 heavy (non-hydrogen) atoms. The normalized spacial score (nSPS) is 18.6. The summed E-state index contributed by atoms with van der Waals surface area (Å²) in [4.78, 5) is 11.9. The minimum absolute atomic E-state index is 0. The van der Waals surface area contributed by atoms with E-state index in [2.05, 4.69) is 31.4 Å². The molecule has 0 radical (unpaired) electrons. The van der Waals surface area contributed by atoms with Gasteiger partial charge in [-0.25, -0.2) is 0 Å². The zero-order valence-corrected chi connectivity index (χ0v) is 12.1. The SMILES string of the molecule is CC(C)CCC(C)NC(=O)C1CCNCC1.Cl. The lowest BCUT2D eigenvalue weighted by atomic mass is 9.96. The fourth-order valence-electron chi connectivity index (χ4n) is 2.10. The molecule has 102 valence electrons. The van der Waals surface area contributed by atoms with Crippen molar-refractivity contribution in [2.45, 2.75) is 52.5 Å². The van der Waals surface area contributed by atoms with Gasteiger partial charge in [-0.2, -0.15) is 0 Å². The van der Waals surface area contributed by atoms with E-state index in [-0.39, 0.29) is 24.2 Å². The summed E-state index contributed by atoms with van der Waals surface area (Å²) >= 11 is 0. The highest BCUT2D eigenvalue weighted by atomic mass is 35.5. The molecule has 1 fully saturated rings. The Morgan fingerprint density at radius 1 is 1.24 bits per heavy atom. The highest BCUT2D eigenvalue weighted by Crippen LogP contribution is 2.13. The third-order valence-electron chi connectivity index (χ3n) is 3.28. The van der Waals surface area contributed by atoms with Crippen LogP contribution in [0, 0.1) is 11.8 Å². The Morgan fingerprint density at radius 3 is 2.35 bits per heavy atom. The molecule has 0 spiro atoms. The lowest BCUT2D eigenvalue weighted by Gasteiger charge is -2.24. The van der Waals surface area contributed by atoms with Crippen molar-refractivity contribution in [2.24, 2.45) is 11.8 Å². The minimum atomic E-state index is 0. The standard InChI is InChI=1S/C13H26N2O.ClH/c1-10(2)4-5-11(3)15-13(16)12-6-8-14-9-7-12;/h10-12,14H,4-9H2,1-3H3,(H,15,16);1H. The van der Waals surface area contributed by atoms with Gasteiger partial charge in [0.15, 0.2) is 0 Å². The maximum absolute atomic E-state index is 11.9. The van der Waals surface area contributed by atoms with E-state index < -0.39 is 0 Å². The molecule has 0 aromatic carbocycles. The van der Waals surface area contributed by atoms with Crippen LogP contribution in [0.1, 0.15) is 46.5 Å². The Labute approximate surface area is 112 Å². The molecule has 0 saturated carbocycles. The third kappa shape index (κ3) is 6.89. The van der Waals surface area contributed by atoms with Gasteiger partial charge in [0, 0.05) is 12.0 Å². The van der Waals surface area contributed by atoms with Crippen molar-refractivity contribution in [3.63, 3.8) is 0 Å². The lowest BCUT2D eigenvalue weighted by molar-refractivity contribution is -0.126. The van der Waals surface area contributed by atoms with Crippen LogP contribution in [0.15, 0.2) is 0 Å². The molecule has 1 atom stereocenters. The summed E-state index contributed by atoms with van der Waals surface area (Å²) in [5.74, 6) is 1.22. The molecule has 1 amide bonds. The molecule has 1 aliphatic rings. The van der Waals surface area contributed by atoms with Crippen molar-refractivity contribution in [1.82, 2.24) is 10.6 Å². The van der Waals surface area contributed by atoms with E-state index in [1.54, 1.807) is 0 Å². The molecule has 0 bridgehead atoms. The predicted molar refractivity (Wildman–Crippen MR) is 74.5 cm³/mol. The van der Waals surface area contributed by atoms with E-state index >= 15 is 0 Å². The van der Waals surface area contributed by atoms with Crippen LogP contribution in [0.5, 0.6) is 0 Å². The van der Waals surface area contributed by atoms with Crippen molar-refractivity contribution < 1.29 is 4.79 Å². The van der Waals surface area contributed by atoms with E-state index in [1.807, 2.05) is 0 Å². The summed E-state index contributed by atoms with van der Waals surface area (Å²) in [6.07, 6.45) is 4.26. The summed E-state index contributed by atoms with van der Waals surface area (Å²) in [7, 11) is 0. The largest absolute Gasteiger partial charge is 0.353 e. The van der Waals surface area contributed by atoms with Gasteiger partial charge in [-0.05, 0) is 51.6 Å². The van der Waals surface area contributed by atoms with Crippen LogP contribution in [0.2, 0.25) is 0 Å². The van der Waals surface area contributed by atoms with E-state index in [4.69, 9.17) is 0 Å². The zero-order valence-electron chi connectivity index (χ0n) is 11.3. The first-order chi connectivity index (χ1) is 7.59. The summed E-state index contributed by atoms with van der Waals surface area (Å²) in [6, 6.07) is 0.324. The fraction of sp³-hybridized carbons (Fsp3) is 0.923. The molecule has 3 nitrogen and oxygen atoms in total. The third-order valence-corrected chi connectivity index (χ3v) is 3.28. The smallest absolute Gasteiger partial charge is 0.223 e. The van der Waals surface area contributed by atoms with Gasteiger partial charge in [-0.15, -0.1) is 12.4 Å². The Balaban J connectivity index is 0.00000256. The van der Waals surface area contributed by atoms with E-state index in [0.717, 1.165) is 38.3 Å². The van der Waals surface area contributed by atoms with Gasteiger partial charge in [0.25, 0.3) is 0 Å². The van der Waals surface area contributed by atoms with E-state index in [1.165, 1.54) is 6.42 Å². The van der Waals surface area contributed by atoms with Crippen molar-refractivity contribution in [2.75, 3.05) is 13.1 Å². The van der Waals surface area contributed by atoms with Crippen molar-refractivity contribution in [3.05, 3.63) is 0 Å². The molecular formula is C13H27ClN2O. The molecule has 1 aliphatic heterocycles. The van der Waals surface area contributed by atoms with Gasteiger partial charge < -0.3 is 10.6 Å². The number of rotatable bonds is 5. The van der Waals surface area contributed by atoms with Gasteiger partial charge in [-0.1, -0.05) is 13.8 Å². The van der Waals surface area contributed by atoms with Crippen LogP contribution in [0.25, 0.3) is 0 Å². The highest BCUT2D eigenvalue weighted by Gasteiger charge is 2.21. The van der Waals surface area contributed by atoms with Crippen molar-refractivity contribution in [1.29, 1.82) is 0 Å². The van der Waals surface area contributed by atoms with Gasteiger partial charge >= 0.3 is 0 Å². The summed E-state index contributed by atoms with van der Waals surface area (Å²) in [5.41, 5.74) is 0. The summed E-state index contributed by atoms with van der Waals surface area (Å²) in [6.45, 7) is 8.53. The lowest BCUT2D eigenvalue weighted by Crippen LogP contribution is -2.41. The van der Waals surface area contributed by atoms with Gasteiger partial charge in [0.1, 0.15) is 0 Å². The molecule has 0 aromatic heterocycles. The zero-order chi connectivity index (χ0) is 12.0. The topological polar surface area (TPSA) is 41.1 Å². The molecular weight excluding hydrogens is 236 g/mol. The molecule has 1 heterocycles. The number of nitrogens with one attached hydrogen (secondary N) is 2. The van der Waals surface area contributed by atoms with Crippen LogP contribution >= 0.6 is 12.4 Å². The van der Waals surface area contributed by atoms with Gasteiger partial charge in [0.2, 0.25) is 5.91 Å². The van der Waals surface area contributed by atoms with Crippen LogP contribution < -0.4 is 10.6 Å². The van der Waals surface area contributed by atoms with Crippen LogP contribution in [0.3, 0.4) is 0 Å². The first-order valence-corrected chi connectivity index (χ1v) is 6.60. The maximum atomic E-state index is 11.9. The second kappa shape index (κ2) is 8.76.